The SMILES string of the molecule is COC(=O)c1ccc(NCCC(=O)NC(C)(C)C)nn1. The molecular formula is C13H20N4O3. The van der Waals surface area contributed by atoms with Crippen molar-refractivity contribution in [1.29, 1.82) is 0 Å². The number of esters is 1. The molecule has 0 fully saturated rings. The summed E-state index contributed by atoms with van der Waals surface area (Å²) < 4.78 is 4.52. The van der Waals surface area contributed by atoms with E-state index in [1.165, 1.54) is 13.2 Å². The van der Waals surface area contributed by atoms with Gasteiger partial charge < -0.3 is 15.4 Å². The maximum absolute atomic E-state index is 11.6. The van der Waals surface area contributed by atoms with Crippen LogP contribution in [-0.2, 0) is 9.53 Å². The average molecular weight is 280 g/mol. The molecule has 0 atom stereocenters. The molecule has 0 aliphatic carbocycles. The molecule has 0 bridgehead atoms. The van der Waals surface area contributed by atoms with Gasteiger partial charge in [0, 0.05) is 18.5 Å². The minimum atomic E-state index is -0.534. The van der Waals surface area contributed by atoms with Gasteiger partial charge in [-0.05, 0) is 32.9 Å². The van der Waals surface area contributed by atoms with Crippen molar-refractivity contribution in [3.05, 3.63) is 17.8 Å². The van der Waals surface area contributed by atoms with Crippen molar-refractivity contribution in [2.24, 2.45) is 0 Å². The fourth-order valence-corrected chi connectivity index (χ4v) is 1.42. The fourth-order valence-electron chi connectivity index (χ4n) is 1.42. The molecule has 1 heterocycles. The van der Waals surface area contributed by atoms with Crippen LogP contribution in [0.2, 0.25) is 0 Å². The van der Waals surface area contributed by atoms with Crippen LogP contribution in [0.3, 0.4) is 0 Å². The summed E-state index contributed by atoms with van der Waals surface area (Å²) in [7, 11) is 1.28. The van der Waals surface area contributed by atoms with Crippen LogP contribution in [0.5, 0.6) is 0 Å². The minimum Gasteiger partial charge on any atom is -0.464 e. The summed E-state index contributed by atoms with van der Waals surface area (Å²) in [5.74, 6) is -0.0704. The van der Waals surface area contributed by atoms with Gasteiger partial charge >= 0.3 is 5.97 Å². The number of anilines is 1. The number of nitrogens with one attached hydrogen (secondary N) is 2. The van der Waals surface area contributed by atoms with Crippen LogP contribution in [-0.4, -0.2) is 41.3 Å². The lowest BCUT2D eigenvalue weighted by Crippen LogP contribution is -2.41. The Bertz CT molecular complexity index is 465. The van der Waals surface area contributed by atoms with E-state index in [9.17, 15) is 9.59 Å². The predicted molar refractivity (Wildman–Crippen MR) is 74.4 cm³/mol. The highest BCUT2D eigenvalue weighted by atomic mass is 16.5. The lowest BCUT2D eigenvalue weighted by molar-refractivity contribution is -0.122. The number of carbonyl (C=O) groups is 2. The number of carbonyl (C=O) groups excluding carboxylic acids is 2. The first-order valence-electron chi connectivity index (χ1n) is 6.29. The van der Waals surface area contributed by atoms with Crippen molar-refractivity contribution in [3.63, 3.8) is 0 Å². The molecule has 110 valence electrons. The molecule has 7 heteroatoms. The second-order valence-electron chi connectivity index (χ2n) is 5.27. The Morgan fingerprint density at radius 1 is 1.25 bits per heavy atom. The molecule has 1 aromatic heterocycles. The lowest BCUT2D eigenvalue weighted by atomic mass is 10.1. The van der Waals surface area contributed by atoms with Crippen molar-refractivity contribution in [3.8, 4) is 0 Å². The Morgan fingerprint density at radius 2 is 1.95 bits per heavy atom. The molecule has 0 spiro atoms. The number of ether oxygens (including phenoxy) is 1. The molecule has 1 rings (SSSR count). The summed E-state index contributed by atoms with van der Waals surface area (Å²) in [6, 6.07) is 3.12. The third-order valence-corrected chi connectivity index (χ3v) is 2.23. The van der Waals surface area contributed by atoms with Crippen LogP contribution in [0.1, 0.15) is 37.7 Å². The molecule has 1 aromatic rings. The normalized spacial score (nSPS) is 10.8. The van der Waals surface area contributed by atoms with E-state index in [4.69, 9.17) is 0 Å². The molecule has 0 saturated carbocycles. The number of rotatable bonds is 5. The highest BCUT2D eigenvalue weighted by Crippen LogP contribution is 2.04. The Hall–Kier alpha value is -2.18. The molecule has 20 heavy (non-hydrogen) atoms. The number of hydrogen-bond acceptors (Lipinski definition) is 6. The largest absolute Gasteiger partial charge is 0.464 e. The van der Waals surface area contributed by atoms with Gasteiger partial charge in [-0.2, -0.15) is 0 Å². The molecule has 0 aliphatic heterocycles. The van der Waals surface area contributed by atoms with Crippen molar-refractivity contribution in [2.45, 2.75) is 32.7 Å². The topological polar surface area (TPSA) is 93.2 Å². The van der Waals surface area contributed by atoms with Crippen LogP contribution in [0.4, 0.5) is 5.82 Å². The molecule has 7 nitrogen and oxygen atoms in total. The molecule has 2 N–H and O–H groups in total. The van der Waals surface area contributed by atoms with Gasteiger partial charge in [0.1, 0.15) is 5.82 Å². The first-order valence-corrected chi connectivity index (χ1v) is 6.29. The van der Waals surface area contributed by atoms with E-state index in [1.807, 2.05) is 20.8 Å². The zero-order valence-corrected chi connectivity index (χ0v) is 12.2. The van der Waals surface area contributed by atoms with Gasteiger partial charge in [0.15, 0.2) is 5.69 Å². The number of nitrogens with zero attached hydrogens (tertiary/aromatic N) is 2. The van der Waals surface area contributed by atoms with Gasteiger partial charge in [0.2, 0.25) is 5.91 Å². The van der Waals surface area contributed by atoms with Crippen LogP contribution in [0, 0.1) is 0 Å². The van der Waals surface area contributed by atoms with Crippen molar-refractivity contribution < 1.29 is 14.3 Å². The molecule has 0 aliphatic rings. The van der Waals surface area contributed by atoms with Gasteiger partial charge in [0.05, 0.1) is 7.11 Å². The maximum Gasteiger partial charge on any atom is 0.358 e. The number of hydrogen-bond donors (Lipinski definition) is 2. The summed E-state index contributed by atoms with van der Waals surface area (Å²) >= 11 is 0. The van der Waals surface area contributed by atoms with Crippen molar-refractivity contribution >= 4 is 17.7 Å². The van der Waals surface area contributed by atoms with Gasteiger partial charge in [-0.1, -0.05) is 0 Å². The van der Waals surface area contributed by atoms with Crippen LogP contribution in [0.15, 0.2) is 12.1 Å². The smallest absolute Gasteiger partial charge is 0.358 e. The molecule has 0 aromatic carbocycles. The third kappa shape index (κ3) is 5.64. The van der Waals surface area contributed by atoms with Crippen LogP contribution in [0.25, 0.3) is 0 Å². The monoisotopic (exact) mass is 280 g/mol. The fraction of sp³-hybridized carbons (Fsp3) is 0.538. The summed E-state index contributed by atoms with van der Waals surface area (Å²) in [6.45, 7) is 6.22. The molecule has 0 unspecified atom stereocenters. The van der Waals surface area contributed by atoms with Crippen LogP contribution >= 0.6 is 0 Å². The van der Waals surface area contributed by atoms with E-state index >= 15 is 0 Å². The Labute approximate surface area is 118 Å². The van der Waals surface area contributed by atoms with Crippen molar-refractivity contribution in [1.82, 2.24) is 15.5 Å². The quantitative estimate of drug-likeness (QED) is 0.781. The van der Waals surface area contributed by atoms with Gasteiger partial charge in [-0.25, -0.2) is 4.79 Å². The zero-order chi connectivity index (χ0) is 15.2. The predicted octanol–water partition coefficient (Wildman–Crippen LogP) is 0.980. The number of amides is 1. The molecule has 0 saturated heterocycles. The first kappa shape index (κ1) is 15.9. The second-order valence-corrected chi connectivity index (χ2v) is 5.27. The molecule has 0 radical (unpaired) electrons. The highest BCUT2D eigenvalue weighted by molar-refractivity contribution is 5.86. The van der Waals surface area contributed by atoms with E-state index in [0.717, 1.165) is 0 Å². The molecule has 1 amide bonds. The minimum absolute atomic E-state index is 0.0378. The third-order valence-electron chi connectivity index (χ3n) is 2.23. The van der Waals surface area contributed by atoms with Gasteiger partial charge in [-0.15, -0.1) is 10.2 Å². The summed E-state index contributed by atoms with van der Waals surface area (Å²) in [5, 5.41) is 13.4. The summed E-state index contributed by atoms with van der Waals surface area (Å²) in [6.07, 6.45) is 0.331. The Balaban J connectivity index is 2.39. The number of aromatic nitrogens is 2. The van der Waals surface area contributed by atoms with Crippen LogP contribution < -0.4 is 10.6 Å². The van der Waals surface area contributed by atoms with E-state index < -0.39 is 5.97 Å². The average Bonchev–Trinajstić information content (AvgIpc) is 2.36. The summed E-state index contributed by atoms with van der Waals surface area (Å²) in [4.78, 5) is 22.7. The van der Waals surface area contributed by atoms with Crippen molar-refractivity contribution in [2.75, 3.05) is 19.0 Å². The first-order chi connectivity index (χ1) is 9.31. The van der Waals surface area contributed by atoms with Gasteiger partial charge in [-0.3, -0.25) is 4.79 Å². The molecular weight excluding hydrogens is 260 g/mol. The standard InChI is InChI=1S/C13H20N4O3/c1-13(2,3)15-11(18)7-8-14-10-6-5-9(16-17-10)12(19)20-4/h5-6H,7-8H2,1-4H3,(H,14,17)(H,15,18). The van der Waals surface area contributed by atoms with E-state index in [0.29, 0.717) is 18.8 Å². The summed E-state index contributed by atoms with van der Waals surface area (Å²) in [5.41, 5.74) is -0.0949. The van der Waals surface area contributed by atoms with E-state index in [-0.39, 0.29) is 17.1 Å². The number of methoxy groups -OCH3 is 1. The highest BCUT2D eigenvalue weighted by Gasteiger charge is 2.13. The van der Waals surface area contributed by atoms with E-state index in [2.05, 4.69) is 25.6 Å². The van der Waals surface area contributed by atoms with Gasteiger partial charge in [0.25, 0.3) is 0 Å². The Morgan fingerprint density at radius 3 is 2.45 bits per heavy atom. The lowest BCUT2D eigenvalue weighted by Gasteiger charge is -2.20. The second kappa shape index (κ2) is 6.83. The van der Waals surface area contributed by atoms with E-state index in [1.54, 1.807) is 6.07 Å². The Kier molecular flexibility index (Phi) is 5.42. The maximum atomic E-state index is 11.6. The zero-order valence-electron chi connectivity index (χ0n) is 12.2.